The summed E-state index contributed by atoms with van der Waals surface area (Å²) in [4.78, 5) is 14.1. The predicted molar refractivity (Wildman–Crippen MR) is 171 cm³/mol. The third kappa shape index (κ3) is 5.93. The first-order valence-corrected chi connectivity index (χ1v) is 16.0. The molecule has 0 aliphatic carbocycles. The van der Waals surface area contributed by atoms with Crippen LogP contribution in [0.15, 0.2) is 90.2 Å². The second-order valence-electron chi connectivity index (χ2n) is 11.5. The molecule has 1 aliphatic rings. The summed E-state index contributed by atoms with van der Waals surface area (Å²) in [6.07, 6.45) is 7.48. The van der Waals surface area contributed by atoms with Crippen LogP contribution in [0, 0.1) is 6.92 Å². The molecule has 0 radical (unpaired) electrons. The molecule has 4 heterocycles. The number of fused-ring (bicyclic) bond motifs is 1. The van der Waals surface area contributed by atoms with Crippen LogP contribution < -0.4 is 4.74 Å². The van der Waals surface area contributed by atoms with E-state index in [9.17, 15) is 8.42 Å². The Labute approximate surface area is 253 Å². The molecule has 1 aliphatic heterocycles. The van der Waals surface area contributed by atoms with Gasteiger partial charge in [-0.25, -0.2) is 22.4 Å². The minimum absolute atomic E-state index is 0.210. The molecular formula is C34H37N5O3S. The fourth-order valence-corrected chi connectivity index (χ4v) is 7.11. The van der Waals surface area contributed by atoms with Crippen molar-refractivity contribution in [3.63, 3.8) is 0 Å². The van der Waals surface area contributed by atoms with Crippen molar-refractivity contribution >= 4 is 21.1 Å². The largest absolute Gasteiger partial charge is 0.481 e. The molecule has 0 spiro atoms. The fourth-order valence-electron chi connectivity index (χ4n) is 5.79. The van der Waals surface area contributed by atoms with Gasteiger partial charge in [0.1, 0.15) is 0 Å². The quantitative estimate of drug-likeness (QED) is 0.223. The summed E-state index contributed by atoms with van der Waals surface area (Å²) in [5.74, 6) is 0.487. The molecule has 43 heavy (non-hydrogen) atoms. The molecule has 6 rings (SSSR count). The minimum atomic E-state index is -3.89. The lowest BCUT2D eigenvalue weighted by Gasteiger charge is -2.35. The highest BCUT2D eigenvalue weighted by molar-refractivity contribution is 7.90. The zero-order valence-corrected chi connectivity index (χ0v) is 25.9. The molecule has 8 nitrogen and oxygen atoms in total. The molecule has 5 aromatic rings. The summed E-state index contributed by atoms with van der Waals surface area (Å²) in [6.45, 7) is 5.08. The normalized spacial score (nSPS) is 14.9. The van der Waals surface area contributed by atoms with Crippen LogP contribution in [0.1, 0.15) is 24.0 Å². The maximum Gasteiger partial charge on any atom is 0.269 e. The van der Waals surface area contributed by atoms with E-state index in [-0.39, 0.29) is 4.90 Å². The minimum Gasteiger partial charge on any atom is -0.481 e. The molecule has 1 saturated heterocycles. The number of hydrogen-bond donors (Lipinski definition) is 0. The first-order chi connectivity index (χ1) is 20.7. The number of piperidine rings is 1. The third-order valence-electron chi connectivity index (χ3n) is 8.43. The lowest BCUT2D eigenvalue weighted by Crippen LogP contribution is -2.41. The van der Waals surface area contributed by atoms with E-state index in [1.165, 1.54) is 22.4 Å². The van der Waals surface area contributed by atoms with Crippen molar-refractivity contribution in [1.29, 1.82) is 0 Å². The summed E-state index contributed by atoms with van der Waals surface area (Å²) in [6, 6.07) is 21.8. The summed E-state index contributed by atoms with van der Waals surface area (Å²) in [5.41, 5.74) is 6.08. The summed E-state index contributed by atoms with van der Waals surface area (Å²) in [7, 11) is 2.01. The lowest BCUT2D eigenvalue weighted by molar-refractivity contribution is 0.140. The first-order valence-electron chi connectivity index (χ1n) is 14.5. The topological polar surface area (TPSA) is 80.6 Å². The Morgan fingerprint density at radius 3 is 2.19 bits per heavy atom. The Morgan fingerprint density at radius 1 is 0.884 bits per heavy atom. The Morgan fingerprint density at radius 2 is 1.56 bits per heavy atom. The zero-order chi connectivity index (χ0) is 30.1. The molecular weight excluding hydrogens is 558 g/mol. The number of aryl methyl sites for hydroxylation is 1. The van der Waals surface area contributed by atoms with E-state index in [0.717, 1.165) is 52.8 Å². The van der Waals surface area contributed by atoms with E-state index >= 15 is 0 Å². The number of nitrogens with zero attached hydrogens (tertiary/aromatic N) is 5. The van der Waals surface area contributed by atoms with Gasteiger partial charge in [0.25, 0.3) is 10.0 Å². The van der Waals surface area contributed by atoms with Crippen molar-refractivity contribution in [3.05, 3.63) is 96.4 Å². The standard InChI is InChI=1S/C34H37N5O3S/c1-24-5-12-30(13-6-24)43(40,41)39-23-32(27-11-14-33(42-4)35-20-27)31-19-28(21-36-34(31)39)26-9-7-25(8-10-26)22-38-17-15-29(16-18-38)37(2)3/h5-14,19-21,23,29H,15-18,22H2,1-4H3. The highest BCUT2D eigenvalue weighted by atomic mass is 32.2. The van der Waals surface area contributed by atoms with Gasteiger partial charge in [-0.15, -0.1) is 0 Å². The number of rotatable bonds is 8. The number of pyridine rings is 2. The number of aromatic nitrogens is 3. The van der Waals surface area contributed by atoms with E-state index in [2.05, 4.69) is 53.1 Å². The summed E-state index contributed by atoms with van der Waals surface area (Å²) >= 11 is 0. The van der Waals surface area contributed by atoms with Crippen LogP contribution in [0.4, 0.5) is 0 Å². The van der Waals surface area contributed by atoms with Crippen molar-refractivity contribution in [3.8, 4) is 28.1 Å². The Kier molecular flexibility index (Phi) is 8.05. The third-order valence-corrected chi connectivity index (χ3v) is 10.1. The van der Waals surface area contributed by atoms with Crippen molar-refractivity contribution in [2.75, 3.05) is 34.3 Å². The molecule has 9 heteroatoms. The summed E-state index contributed by atoms with van der Waals surface area (Å²) < 4.78 is 34.1. The second-order valence-corrected chi connectivity index (χ2v) is 13.3. The van der Waals surface area contributed by atoms with Gasteiger partial charge in [0.05, 0.1) is 12.0 Å². The first kappa shape index (κ1) is 29.0. The molecule has 0 N–H and O–H groups in total. The number of likely N-dealkylation sites (tertiary alicyclic amines) is 1. The van der Waals surface area contributed by atoms with Crippen LogP contribution in [0.3, 0.4) is 0 Å². The SMILES string of the molecule is COc1ccc(-c2cn(S(=O)(=O)c3ccc(C)cc3)c3ncc(-c4ccc(CN5CCC(N(C)C)CC5)cc4)cc23)cn1. The molecule has 0 amide bonds. The monoisotopic (exact) mass is 595 g/mol. The van der Waals surface area contributed by atoms with Crippen molar-refractivity contribution in [2.24, 2.45) is 0 Å². The Hall–Kier alpha value is -4.05. The van der Waals surface area contributed by atoms with Crippen LogP contribution in [-0.4, -0.2) is 72.5 Å². The second kappa shape index (κ2) is 11.9. The maximum atomic E-state index is 13.8. The van der Waals surface area contributed by atoms with E-state index in [4.69, 9.17) is 9.72 Å². The molecule has 3 aromatic heterocycles. The van der Waals surface area contributed by atoms with Gasteiger partial charge in [0.15, 0.2) is 5.65 Å². The molecule has 0 bridgehead atoms. The zero-order valence-electron chi connectivity index (χ0n) is 25.1. The van der Waals surface area contributed by atoms with Gasteiger partial charge in [-0.2, -0.15) is 0 Å². The number of hydrogen-bond acceptors (Lipinski definition) is 7. The molecule has 222 valence electrons. The van der Waals surface area contributed by atoms with Crippen LogP contribution >= 0.6 is 0 Å². The fraction of sp³-hybridized carbons (Fsp3) is 0.294. The van der Waals surface area contributed by atoms with Gasteiger partial charge in [-0.1, -0.05) is 42.0 Å². The number of benzene rings is 2. The average Bonchev–Trinajstić information content (AvgIpc) is 3.42. The predicted octanol–water partition coefficient (Wildman–Crippen LogP) is 5.85. The van der Waals surface area contributed by atoms with E-state index in [1.807, 2.05) is 19.1 Å². The molecule has 1 fully saturated rings. The molecule has 2 aromatic carbocycles. The van der Waals surface area contributed by atoms with Gasteiger partial charge >= 0.3 is 0 Å². The number of methoxy groups -OCH3 is 1. The van der Waals surface area contributed by atoms with Gasteiger partial charge in [-0.05, 0) is 82.3 Å². The van der Waals surface area contributed by atoms with E-state index in [0.29, 0.717) is 17.6 Å². The van der Waals surface area contributed by atoms with Gasteiger partial charge in [0.2, 0.25) is 5.88 Å². The van der Waals surface area contributed by atoms with Crippen LogP contribution in [0.2, 0.25) is 0 Å². The Balaban J connectivity index is 1.35. The van der Waals surface area contributed by atoms with Gasteiger partial charge in [-0.3, -0.25) is 4.90 Å². The molecule has 0 saturated carbocycles. The van der Waals surface area contributed by atoms with E-state index in [1.54, 1.807) is 56.0 Å². The van der Waals surface area contributed by atoms with Crippen LogP contribution in [0.5, 0.6) is 5.88 Å². The Bertz CT molecular complexity index is 1820. The van der Waals surface area contributed by atoms with E-state index < -0.39 is 10.0 Å². The smallest absolute Gasteiger partial charge is 0.269 e. The van der Waals surface area contributed by atoms with Crippen LogP contribution in [0.25, 0.3) is 33.3 Å². The van der Waals surface area contributed by atoms with Gasteiger partial charge < -0.3 is 9.64 Å². The molecule has 0 unspecified atom stereocenters. The maximum absolute atomic E-state index is 13.8. The summed E-state index contributed by atoms with van der Waals surface area (Å²) in [5, 5.41) is 0.730. The highest BCUT2D eigenvalue weighted by Gasteiger charge is 2.24. The number of ether oxygens (including phenoxy) is 1. The van der Waals surface area contributed by atoms with Crippen molar-refractivity contribution < 1.29 is 13.2 Å². The average molecular weight is 596 g/mol. The van der Waals surface area contributed by atoms with Crippen molar-refractivity contribution in [1.82, 2.24) is 23.7 Å². The van der Waals surface area contributed by atoms with Crippen molar-refractivity contribution in [2.45, 2.75) is 37.2 Å². The van der Waals surface area contributed by atoms with Gasteiger partial charge in [0, 0.05) is 59.3 Å². The lowest BCUT2D eigenvalue weighted by atomic mass is 10.0. The van der Waals surface area contributed by atoms with Crippen LogP contribution in [-0.2, 0) is 16.6 Å². The highest BCUT2D eigenvalue weighted by Crippen LogP contribution is 2.35. The molecule has 0 atom stereocenters.